The number of ether oxygens (including phenoxy) is 2. The maximum atomic E-state index is 12.2. The van der Waals surface area contributed by atoms with E-state index in [1.165, 1.54) is 0 Å². The number of carbonyl (C=O) groups excluding carboxylic acids is 1. The zero-order valence-corrected chi connectivity index (χ0v) is 16.9. The van der Waals surface area contributed by atoms with E-state index in [1.807, 2.05) is 6.92 Å². The average Bonchev–Trinajstić information content (AvgIpc) is 2.38. The van der Waals surface area contributed by atoms with Crippen molar-refractivity contribution >= 4 is 14.0 Å². The summed E-state index contributed by atoms with van der Waals surface area (Å²) >= 11 is 0. The van der Waals surface area contributed by atoms with Gasteiger partial charge in [0.2, 0.25) is 5.60 Å². The number of hydrogen-bond acceptors (Lipinski definition) is 3. The van der Waals surface area contributed by atoms with Crippen LogP contribution >= 0.6 is 0 Å². The van der Waals surface area contributed by atoms with Crippen LogP contribution < -0.4 is 0 Å². The molecular weight excluding hydrogens is 292 g/mol. The lowest BCUT2D eigenvalue weighted by atomic mass is 10.1. The van der Waals surface area contributed by atoms with E-state index < -0.39 is 13.7 Å². The number of esters is 1. The van der Waals surface area contributed by atoms with E-state index >= 15 is 0 Å². The van der Waals surface area contributed by atoms with E-state index in [1.54, 1.807) is 13.8 Å². The summed E-state index contributed by atoms with van der Waals surface area (Å²) in [6.07, 6.45) is 0. The Morgan fingerprint density at radius 1 is 1.00 bits per heavy atom. The van der Waals surface area contributed by atoms with Crippen LogP contribution in [0.4, 0.5) is 0 Å². The van der Waals surface area contributed by atoms with E-state index in [-0.39, 0.29) is 5.97 Å². The second-order valence-corrected chi connectivity index (χ2v) is 12.4. The molecule has 0 heterocycles. The fourth-order valence-corrected chi connectivity index (χ4v) is 8.69. The van der Waals surface area contributed by atoms with Gasteiger partial charge >= 0.3 is 5.97 Å². The summed E-state index contributed by atoms with van der Waals surface area (Å²) < 4.78 is 10.8. The Bertz CT molecular complexity index is 396. The normalized spacial score (nSPS) is 14.7. The van der Waals surface area contributed by atoms with Gasteiger partial charge in [0.15, 0.2) is 0 Å². The molecule has 0 aromatic carbocycles. The minimum absolute atomic E-state index is 0.338. The minimum Gasteiger partial charge on any atom is -0.463 e. The van der Waals surface area contributed by atoms with Gasteiger partial charge in [0.05, 0.1) is 6.61 Å². The summed E-state index contributed by atoms with van der Waals surface area (Å²) in [6, 6.07) is 0. The lowest BCUT2D eigenvalue weighted by molar-refractivity contribution is -0.162. The average molecular weight is 327 g/mol. The molecular formula is C18H34O3Si. The minimum atomic E-state index is -1.88. The third kappa shape index (κ3) is 4.60. The molecule has 0 fully saturated rings. The third-order valence-electron chi connectivity index (χ3n) is 4.48. The molecule has 0 aliphatic rings. The molecule has 0 saturated heterocycles. The second kappa shape index (κ2) is 8.74. The van der Waals surface area contributed by atoms with Crippen LogP contribution in [-0.4, -0.2) is 32.9 Å². The largest absolute Gasteiger partial charge is 0.463 e. The summed E-state index contributed by atoms with van der Waals surface area (Å²) in [5, 5.41) is 0. The van der Waals surface area contributed by atoms with Crippen LogP contribution in [0.15, 0.2) is 0 Å². The monoisotopic (exact) mass is 326 g/mol. The predicted molar refractivity (Wildman–Crippen MR) is 95.5 cm³/mol. The van der Waals surface area contributed by atoms with Gasteiger partial charge in [-0.2, -0.15) is 0 Å². The van der Waals surface area contributed by atoms with Crippen molar-refractivity contribution in [2.45, 2.75) is 84.5 Å². The van der Waals surface area contributed by atoms with Crippen LogP contribution in [0.5, 0.6) is 0 Å². The van der Waals surface area contributed by atoms with Crippen molar-refractivity contribution in [2.75, 3.05) is 13.2 Å². The van der Waals surface area contributed by atoms with E-state index in [2.05, 4.69) is 53.0 Å². The summed E-state index contributed by atoms with van der Waals surface area (Å²) in [7, 11) is -1.88. The molecule has 0 aliphatic carbocycles. The van der Waals surface area contributed by atoms with Gasteiger partial charge in [-0.3, -0.25) is 0 Å². The first kappa shape index (κ1) is 21.2. The van der Waals surface area contributed by atoms with Gasteiger partial charge < -0.3 is 9.47 Å². The van der Waals surface area contributed by atoms with Crippen molar-refractivity contribution in [1.29, 1.82) is 0 Å². The highest BCUT2D eigenvalue weighted by Gasteiger charge is 2.43. The lowest BCUT2D eigenvalue weighted by Crippen LogP contribution is -2.45. The maximum Gasteiger partial charge on any atom is 0.350 e. The zero-order chi connectivity index (χ0) is 17.6. The summed E-state index contributed by atoms with van der Waals surface area (Å²) in [4.78, 5) is 12.2. The first-order valence-electron chi connectivity index (χ1n) is 8.43. The molecule has 0 radical (unpaired) electrons. The fraction of sp³-hybridized carbons (Fsp3) is 0.833. The van der Waals surface area contributed by atoms with Crippen molar-refractivity contribution in [3.63, 3.8) is 0 Å². The van der Waals surface area contributed by atoms with Crippen molar-refractivity contribution in [3.05, 3.63) is 0 Å². The Morgan fingerprint density at radius 3 is 1.77 bits per heavy atom. The van der Waals surface area contributed by atoms with Gasteiger partial charge in [-0.1, -0.05) is 47.5 Å². The Hall–Kier alpha value is -0.793. The Kier molecular flexibility index (Phi) is 8.42. The van der Waals surface area contributed by atoms with Gasteiger partial charge in [0, 0.05) is 6.61 Å². The highest BCUT2D eigenvalue weighted by molar-refractivity contribution is 6.90. The lowest BCUT2D eigenvalue weighted by Gasteiger charge is -2.38. The van der Waals surface area contributed by atoms with Gasteiger partial charge in [-0.25, -0.2) is 4.79 Å². The van der Waals surface area contributed by atoms with Gasteiger partial charge in [0.25, 0.3) is 0 Å². The Morgan fingerprint density at radius 2 is 1.45 bits per heavy atom. The molecule has 128 valence electrons. The van der Waals surface area contributed by atoms with Crippen molar-refractivity contribution < 1.29 is 14.3 Å². The molecule has 0 N–H and O–H groups in total. The van der Waals surface area contributed by atoms with Crippen molar-refractivity contribution in [3.8, 4) is 11.5 Å². The Labute approximate surface area is 138 Å². The van der Waals surface area contributed by atoms with E-state index in [4.69, 9.17) is 9.47 Å². The molecule has 1 atom stereocenters. The molecule has 4 heteroatoms. The molecule has 0 amide bonds. The van der Waals surface area contributed by atoms with E-state index in [0.29, 0.717) is 29.8 Å². The molecule has 0 aromatic rings. The molecule has 3 nitrogen and oxygen atoms in total. The smallest absolute Gasteiger partial charge is 0.350 e. The van der Waals surface area contributed by atoms with Crippen molar-refractivity contribution in [2.24, 2.45) is 0 Å². The highest BCUT2D eigenvalue weighted by Crippen LogP contribution is 2.40. The molecule has 0 aliphatic heterocycles. The van der Waals surface area contributed by atoms with Crippen LogP contribution in [0.25, 0.3) is 0 Å². The summed E-state index contributed by atoms with van der Waals surface area (Å²) in [6.45, 7) is 19.7. The number of hydrogen-bond donors (Lipinski definition) is 0. The number of carbonyl (C=O) groups is 1. The Balaban J connectivity index is 5.87. The standard InChI is InChI=1S/C18H34O3Si/c1-10-20-17(19)18(9,21-11-2)12-13-22(14(3)4,15(5)6)16(7)8/h14-16H,10-11H2,1-9H3. The van der Waals surface area contributed by atoms with Crippen LogP contribution in [0.1, 0.15) is 62.3 Å². The van der Waals surface area contributed by atoms with Crippen LogP contribution in [-0.2, 0) is 14.3 Å². The highest BCUT2D eigenvalue weighted by atomic mass is 28.3. The van der Waals surface area contributed by atoms with Gasteiger partial charge in [-0.05, 0) is 37.4 Å². The van der Waals surface area contributed by atoms with Crippen molar-refractivity contribution in [1.82, 2.24) is 0 Å². The quantitative estimate of drug-likeness (QED) is 0.391. The van der Waals surface area contributed by atoms with Gasteiger partial charge in [0.1, 0.15) is 8.07 Å². The van der Waals surface area contributed by atoms with E-state index in [9.17, 15) is 4.79 Å². The molecule has 22 heavy (non-hydrogen) atoms. The number of rotatable bonds is 7. The van der Waals surface area contributed by atoms with Crippen LogP contribution in [0, 0.1) is 11.5 Å². The molecule has 0 aromatic heterocycles. The fourth-order valence-electron chi connectivity index (χ4n) is 3.36. The maximum absolute atomic E-state index is 12.2. The van der Waals surface area contributed by atoms with Crippen LogP contribution in [0.2, 0.25) is 16.6 Å². The summed E-state index contributed by atoms with van der Waals surface area (Å²) in [5.74, 6) is 2.80. The first-order chi connectivity index (χ1) is 10.1. The SMILES string of the molecule is CCOC(=O)C(C)(C#C[Si](C(C)C)(C(C)C)C(C)C)OCC. The topological polar surface area (TPSA) is 35.5 Å². The third-order valence-corrected chi connectivity index (χ3v) is 10.8. The van der Waals surface area contributed by atoms with E-state index in [0.717, 1.165) is 0 Å². The van der Waals surface area contributed by atoms with Crippen LogP contribution in [0.3, 0.4) is 0 Å². The molecule has 0 bridgehead atoms. The second-order valence-electron chi connectivity index (χ2n) is 6.83. The molecule has 0 saturated carbocycles. The molecule has 0 rings (SSSR count). The zero-order valence-electron chi connectivity index (χ0n) is 15.9. The predicted octanol–water partition coefficient (Wildman–Crippen LogP) is 4.57. The first-order valence-corrected chi connectivity index (χ1v) is 10.7. The van der Waals surface area contributed by atoms with Gasteiger partial charge in [-0.15, -0.1) is 5.54 Å². The summed E-state index contributed by atoms with van der Waals surface area (Å²) in [5.41, 5.74) is 3.96. The molecule has 0 spiro atoms. The molecule has 1 unspecified atom stereocenters.